The number of halogens is 2. The number of benzene rings is 1. The molecule has 1 aromatic rings. The molecule has 0 aliphatic carbocycles. The third-order valence-corrected chi connectivity index (χ3v) is 4.59. The van der Waals surface area contributed by atoms with E-state index in [1.54, 1.807) is 0 Å². The van der Waals surface area contributed by atoms with Crippen molar-refractivity contribution in [2.75, 3.05) is 19.8 Å². The molecule has 3 saturated heterocycles. The first-order valence-corrected chi connectivity index (χ1v) is 8.00. The number of fused-ring (bicyclic) bond motifs is 3. The van der Waals surface area contributed by atoms with Gasteiger partial charge in [0.15, 0.2) is 0 Å². The van der Waals surface area contributed by atoms with E-state index < -0.39 is 17.6 Å². The minimum absolute atomic E-state index is 0.112. The molecule has 3 fully saturated rings. The number of hydrogen-bond donors (Lipinski definition) is 0. The maximum atomic E-state index is 12.8. The van der Waals surface area contributed by atoms with Crippen LogP contribution in [0.15, 0.2) is 24.3 Å². The molecule has 0 aromatic heterocycles. The van der Waals surface area contributed by atoms with Crippen LogP contribution < -0.4 is 5.11 Å². The second kappa shape index (κ2) is 6.09. The van der Waals surface area contributed by atoms with Gasteiger partial charge in [0.25, 0.3) is 0 Å². The molecule has 0 saturated carbocycles. The molecule has 1 aromatic carbocycles. The van der Waals surface area contributed by atoms with E-state index in [4.69, 9.17) is 14.2 Å². The molecule has 2 bridgehead atoms. The van der Waals surface area contributed by atoms with Gasteiger partial charge < -0.3 is 19.3 Å². The van der Waals surface area contributed by atoms with Crippen molar-refractivity contribution in [3.8, 4) is 0 Å². The molecule has 4 nitrogen and oxygen atoms in total. The zero-order valence-electron chi connectivity index (χ0n) is 13.1. The van der Waals surface area contributed by atoms with Gasteiger partial charge in [-0.05, 0) is 6.42 Å². The minimum Gasteiger partial charge on any atom is -0.794 e. The molecule has 0 spiro atoms. The third-order valence-electron chi connectivity index (χ3n) is 4.59. The van der Waals surface area contributed by atoms with Crippen LogP contribution in [0, 0.1) is 5.41 Å². The molecule has 128 valence electrons. The van der Waals surface area contributed by atoms with Crippen LogP contribution >= 0.6 is 0 Å². The highest BCUT2D eigenvalue weighted by Gasteiger charge is 2.53. The van der Waals surface area contributed by atoms with Gasteiger partial charge in [-0.3, -0.25) is 0 Å². The lowest BCUT2D eigenvalue weighted by Crippen LogP contribution is -2.58. The lowest BCUT2D eigenvalue weighted by Gasteiger charge is -2.52. The maximum absolute atomic E-state index is 12.8. The highest BCUT2D eigenvalue weighted by atomic mass is 19.3. The highest BCUT2D eigenvalue weighted by molar-refractivity contribution is 5.27. The molecular formula is C17H21F2O4-. The lowest BCUT2D eigenvalue weighted by atomic mass is 9.83. The van der Waals surface area contributed by atoms with Crippen LogP contribution in [0.25, 0.3) is 0 Å². The second-order valence-electron chi connectivity index (χ2n) is 6.47. The highest BCUT2D eigenvalue weighted by Crippen LogP contribution is 2.46. The average Bonchev–Trinajstić information content (AvgIpc) is 2.56. The molecule has 6 heteroatoms. The van der Waals surface area contributed by atoms with Gasteiger partial charge >= 0.3 is 5.97 Å². The van der Waals surface area contributed by atoms with Gasteiger partial charge in [-0.25, -0.2) is 8.78 Å². The predicted molar refractivity (Wildman–Crippen MR) is 76.4 cm³/mol. The van der Waals surface area contributed by atoms with E-state index in [0.717, 1.165) is 37.8 Å². The largest absolute Gasteiger partial charge is 0.794 e. The summed E-state index contributed by atoms with van der Waals surface area (Å²) in [5.74, 6) is -1.33. The molecule has 0 radical (unpaired) electrons. The van der Waals surface area contributed by atoms with E-state index >= 15 is 0 Å². The summed E-state index contributed by atoms with van der Waals surface area (Å²) in [6, 6.07) is 4.98. The Hall–Kier alpha value is -1.08. The van der Waals surface area contributed by atoms with Crippen molar-refractivity contribution in [1.29, 1.82) is 0 Å². The van der Waals surface area contributed by atoms with Crippen molar-refractivity contribution in [3.05, 3.63) is 35.4 Å². The normalized spacial score (nSPS) is 30.6. The van der Waals surface area contributed by atoms with Crippen LogP contribution in [0.1, 0.15) is 43.7 Å². The topological polar surface area (TPSA) is 50.8 Å². The number of hydrogen-bond acceptors (Lipinski definition) is 4. The monoisotopic (exact) mass is 327 g/mol. The molecule has 3 aliphatic rings. The van der Waals surface area contributed by atoms with E-state index in [2.05, 4.69) is 6.92 Å². The first-order chi connectivity index (χ1) is 10.9. The van der Waals surface area contributed by atoms with Crippen LogP contribution in [0.2, 0.25) is 0 Å². The van der Waals surface area contributed by atoms with Crippen molar-refractivity contribution in [1.82, 2.24) is 0 Å². The maximum Gasteiger partial charge on any atom is 0.312 e. The number of unbranched alkanes of at least 4 members (excludes halogenated alkanes) is 2. The Labute approximate surface area is 134 Å². The fraction of sp³-hybridized carbons (Fsp3) is 0.647. The van der Waals surface area contributed by atoms with E-state index in [1.165, 1.54) is 12.1 Å². The SMILES string of the molecule is CCCCCC12COC(c3ccc(C([O-])(F)F)cc3)(OC1)OC2. The zero-order valence-corrected chi connectivity index (χ0v) is 13.1. The second-order valence-corrected chi connectivity index (χ2v) is 6.47. The molecule has 23 heavy (non-hydrogen) atoms. The molecule has 0 amide bonds. The summed E-state index contributed by atoms with van der Waals surface area (Å²) in [6.07, 6.45) is 0.300. The van der Waals surface area contributed by atoms with Crippen molar-refractivity contribution in [2.45, 2.75) is 44.7 Å². The third kappa shape index (κ3) is 3.26. The Bertz CT molecular complexity index is 514. The molecular weight excluding hydrogens is 306 g/mol. The first-order valence-electron chi connectivity index (χ1n) is 8.00. The number of ether oxygens (including phenoxy) is 3. The fourth-order valence-corrected chi connectivity index (χ4v) is 3.08. The molecule has 0 atom stereocenters. The number of rotatable bonds is 6. The average molecular weight is 327 g/mol. The van der Waals surface area contributed by atoms with Crippen molar-refractivity contribution >= 4 is 0 Å². The quantitative estimate of drug-likeness (QED) is 0.754. The Kier molecular flexibility index (Phi) is 4.44. The first kappa shape index (κ1) is 16.8. The van der Waals surface area contributed by atoms with Crippen molar-refractivity contribution in [2.24, 2.45) is 5.41 Å². The fourth-order valence-electron chi connectivity index (χ4n) is 3.08. The summed E-state index contributed by atoms with van der Waals surface area (Å²) in [6.45, 7) is 3.73. The molecule has 0 unspecified atom stereocenters. The van der Waals surface area contributed by atoms with Crippen LogP contribution in [0.4, 0.5) is 8.78 Å². The van der Waals surface area contributed by atoms with Gasteiger partial charge in [0.2, 0.25) is 6.11 Å². The van der Waals surface area contributed by atoms with Crippen LogP contribution in [0.3, 0.4) is 0 Å². The lowest BCUT2D eigenvalue weighted by molar-refractivity contribution is -0.583. The van der Waals surface area contributed by atoms with Gasteiger partial charge in [0, 0.05) is 16.5 Å². The van der Waals surface area contributed by atoms with Gasteiger partial charge in [0.1, 0.15) is 0 Å². The van der Waals surface area contributed by atoms with Crippen LogP contribution in [-0.2, 0) is 26.3 Å². The smallest absolute Gasteiger partial charge is 0.312 e. The molecule has 3 aliphatic heterocycles. The Balaban J connectivity index is 1.69. The predicted octanol–water partition coefficient (Wildman–Crippen LogP) is 2.85. The zero-order chi connectivity index (χ0) is 16.6. The van der Waals surface area contributed by atoms with Gasteiger partial charge in [0.05, 0.1) is 19.8 Å². The summed E-state index contributed by atoms with van der Waals surface area (Å²) in [5, 5.41) is 10.7. The summed E-state index contributed by atoms with van der Waals surface area (Å²) < 4.78 is 42.9. The van der Waals surface area contributed by atoms with Crippen LogP contribution in [0.5, 0.6) is 0 Å². The van der Waals surface area contributed by atoms with Gasteiger partial charge in [-0.15, -0.1) is 0 Å². The Morgan fingerprint density at radius 1 is 1.04 bits per heavy atom. The summed E-state index contributed by atoms with van der Waals surface area (Å²) in [7, 11) is 0. The summed E-state index contributed by atoms with van der Waals surface area (Å²) >= 11 is 0. The summed E-state index contributed by atoms with van der Waals surface area (Å²) in [4.78, 5) is 0. The van der Waals surface area contributed by atoms with E-state index in [0.29, 0.717) is 25.4 Å². The van der Waals surface area contributed by atoms with Crippen LogP contribution in [-0.4, -0.2) is 19.8 Å². The standard InChI is InChI=1S/C17H21F2O4/c1-2-3-4-9-15-10-21-17(22-11-15,23-12-15)14-7-5-13(6-8-14)16(18,19)20/h5-8H,2-4,9-12H2,1H3/q-1. The Morgan fingerprint density at radius 3 is 2.09 bits per heavy atom. The molecule has 3 heterocycles. The molecule has 0 N–H and O–H groups in total. The van der Waals surface area contributed by atoms with E-state index in [-0.39, 0.29) is 5.41 Å². The minimum atomic E-state index is -4.10. The Morgan fingerprint density at radius 2 is 1.61 bits per heavy atom. The molecule has 4 rings (SSSR count). The van der Waals surface area contributed by atoms with Gasteiger partial charge in [-0.1, -0.05) is 50.5 Å². The van der Waals surface area contributed by atoms with Gasteiger partial charge in [-0.2, -0.15) is 0 Å². The van der Waals surface area contributed by atoms with Crippen molar-refractivity contribution in [3.63, 3.8) is 0 Å². The van der Waals surface area contributed by atoms with E-state index in [1.807, 2.05) is 0 Å². The van der Waals surface area contributed by atoms with Crippen molar-refractivity contribution < 1.29 is 28.1 Å². The number of alkyl halides is 2. The summed E-state index contributed by atoms with van der Waals surface area (Å²) in [5.41, 5.74) is -0.204. The van der Waals surface area contributed by atoms with E-state index in [9.17, 15) is 13.9 Å².